The van der Waals surface area contributed by atoms with Crippen LogP contribution in [0, 0.1) is 0 Å². The molecule has 0 radical (unpaired) electrons. The van der Waals surface area contributed by atoms with E-state index in [2.05, 4.69) is 18.8 Å². The van der Waals surface area contributed by atoms with Crippen LogP contribution in [0.15, 0.2) is 96.0 Å². The summed E-state index contributed by atoms with van der Waals surface area (Å²) in [5, 5.41) is 0. The minimum absolute atomic E-state index is 0.260. The summed E-state index contributed by atoms with van der Waals surface area (Å²) in [6, 6.07) is 25.8. The molecule has 0 unspecified atom stereocenters. The van der Waals surface area contributed by atoms with E-state index in [1.807, 2.05) is 31.2 Å². The Morgan fingerprint density at radius 2 is 1.04 bits per heavy atom. The SMILES string of the molecule is CCCCCCOc1ccc(C(=O)Oc2ccc(OC(=O)c3ccc(OCCCCCC)cc3)c(C=Nc3ccc(OCC)cc3)c2)cc1. The summed E-state index contributed by atoms with van der Waals surface area (Å²) in [6.45, 7) is 8.11. The van der Waals surface area contributed by atoms with Gasteiger partial charge in [-0.2, -0.15) is 0 Å². The number of carbonyl (C=O) groups is 2. The van der Waals surface area contributed by atoms with E-state index in [1.54, 1.807) is 72.9 Å². The lowest BCUT2D eigenvalue weighted by Crippen LogP contribution is -2.11. The normalized spacial score (nSPS) is 10.9. The van der Waals surface area contributed by atoms with Crippen LogP contribution in [0.4, 0.5) is 5.69 Å². The highest BCUT2D eigenvalue weighted by atomic mass is 16.5. The second-order valence-electron chi connectivity index (χ2n) is 11.5. The molecule has 49 heavy (non-hydrogen) atoms. The number of nitrogens with zero attached hydrogens (tertiary/aromatic N) is 1. The molecule has 0 fully saturated rings. The van der Waals surface area contributed by atoms with E-state index in [1.165, 1.54) is 25.7 Å². The summed E-state index contributed by atoms with van der Waals surface area (Å²) >= 11 is 0. The Morgan fingerprint density at radius 1 is 0.551 bits per heavy atom. The van der Waals surface area contributed by atoms with E-state index in [0.717, 1.165) is 31.4 Å². The molecule has 4 rings (SSSR count). The van der Waals surface area contributed by atoms with Crippen molar-refractivity contribution >= 4 is 23.8 Å². The number of benzene rings is 4. The third-order valence-corrected chi connectivity index (χ3v) is 7.61. The van der Waals surface area contributed by atoms with E-state index < -0.39 is 11.9 Å². The summed E-state index contributed by atoms with van der Waals surface area (Å²) in [6.07, 6.45) is 10.5. The fourth-order valence-electron chi connectivity index (χ4n) is 4.86. The number of hydrogen-bond acceptors (Lipinski definition) is 8. The van der Waals surface area contributed by atoms with Gasteiger partial charge < -0.3 is 23.7 Å². The highest BCUT2D eigenvalue weighted by Gasteiger charge is 2.15. The van der Waals surface area contributed by atoms with Gasteiger partial charge in [-0.25, -0.2) is 9.59 Å². The molecule has 8 heteroatoms. The molecule has 0 aromatic heterocycles. The van der Waals surface area contributed by atoms with Gasteiger partial charge in [-0.3, -0.25) is 4.99 Å². The van der Waals surface area contributed by atoms with Crippen LogP contribution in [0.2, 0.25) is 0 Å². The smallest absolute Gasteiger partial charge is 0.343 e. The molecule has 4 aromatic carbocycles. The Labute approximate surface area is 290 Å². The number of aliphatic imine (C=N–C) groups is 1. The third-order valence-electron chi connectivity index (χ3n) is 7.61. The molecular weight excluding hydrogens is 618 g/mol. The first-order chi connectivity index (χ1) is 24.0. The minimum Gasteiger partial charge on any atom is -0.494 e. The van der Waals surface area contributed by atoms with Crippen LogP contribution < -0.4 is 23.7 Å². The van der Waals surface area contributed by atoms with Crippen molar-refractivity contribution in [2.45, 2.75) is 72.1 Å². The second-order valence-corrected chi connectivity index (χ2v) is 11.5. The maximum Gasteiger partial charge on any atom is 0.343 e. The van der Waals surface area contributed by atoms with Gasteiger partial charge in [-0.15, -0.1) is 0 Å². The van der Waals surface area contributed by atoms with Crippen molar-refractivity contribution in [3.05, 3.63) is 108 Å². The maximum absolute atomic E-state index is 13.2. The lowest BCUT2D eigenvalue weighted by molar-refractivity contribution is 0.0719. The van der Waals surface area contributed by atoms with Gasteiger partial charge in [0.1, 0.15) is 28.7 Å². The van der Waals surface area contributed by atoms with Crippen molar-refractivity contribution in [3.63, 3.8) is 0 Å². The van der Waals surface area contributed by atoms with Gasteiger partial charge in [-0.05, 0) is 111 Å². The van der Waals surface area contributed by atoms with Crippen LogP contribution in [0.1, 0.15) is 98.4 Å². The molecule has 0 bridgehead atoms. The van der Waals surface area contributed by atoms with Gasteiger partial charge in [0.05, 0.1) is 36.6 Å². The Balaban J connectivity index is 1.46. The molecule has 0 atom stereocenters. The van der Waals surface area contributed by atoms with E-state index >= 15 is 0 Å². The van der Waals surface area contributed by atoms with Crippen molar-refractivity contribution < 1.29 is 33.3 Å². The molecular formula is C41H47NO7. The molecule has 0 spiro atoms. The summed E-state index contributed by atoms with van der Waals surface area (Å²) < 4.78 is 28.6. The van der Waals surface area contributed by atoms with Crippen LogP contribution in [0.5, 0.6) is 28.7 Å². The van der Waals surface area contributed by atoms with E-state index in [-0.39, 0.29) is 11.5 Å². The lowest BCUT2D eigenvalue weighted by Gasteiger charge is -2.11. The van der Waals surface area contributed by atoms with Crippen LogP contribution >= 0.6 is 0 Å². The summed E-state index contributed by atoms with van der Waals surface area (Å²) in [7, 11) is 0. The maximum atomic E-state index is 13.2. The molecule has 0 heterocycles. The summed E-state index contributed by atoms with van der Waals surface area (Å²) in [4.78, 5) is 30.7. The van der Waals surface area contributed by atoms with Gasteiger partial charge in [0.2, 0.25) is 0 Å². The molecule has 0 saturated carbocycles. The Morgan fingerprint density at radius 3 is 1.57 bits per heavy atom. The molecule has 258 valence electrons. The lowest BCUT2D eigenvalue weighted by atomic mass is 10.2. The van der Waals surface area contributed by atoms with Crippen LogP contribution in [-0.4, -0.2) is 38.0 Å². The van der Waals surface area contributed by atoms with Gasteiger partial charge >= 0.3 is 11.9 Å². The largest absolute Gasteiger partial charge is 0.494 e. The van der Waals surface area contributed by atoms with Crippen molar-refractivity contribution in [1.82, 2.24) is 0 Å². The molecule has 0 saturated heterocycles. The number of rotatable bonds is 20. The van der Waals surface area contributed by atoms with Crippen LogP contribution in [0.25, 0.3) is 0 Å². The zero-order chi connectivity index (χ0) is 34.7. The van der Waals surface area contributed by atoms with Gasteiger partial charge in [0, 0.05) is 11.8 Å². The Kier molecular flexibility index (Phi) is 15.2. The highest BCUT2D eigenvalue weighted by molar-refractivity contribution is 5.94. The molecule has 0 N–H and O–H groups in total. The minimum atomic E-state index is -0.539. The standard InChI is InChI=1S/C41H47NO7/c1-4-7-9-11-27-46-36-19-13-31(14-20-36)40(43)48-38-25-26-39(33(29-38)30-42-34-17-23-35(24-18-34)45-6-3)49-41(44)32-15-21-37(22-16-32)47-28-12-10-8-5-2/h13-26,29-30H,4-12,27-28H2,1-3H3. The first-order valence-electron chi connectivity index (χ1n) is 17.3. The first-order valence-corrected chi connectivity index (χ1v) is 17.3. The van der Waals surface area contributed by atoms with Gasteiger partial charge in [0.25, 0.3) is 0 Å². The van der Waals surface area contributed by atoms with Crippen molar-refractivity contribution in [2.24, 2.45) is 4.99 Å². The van der Waals surface area contributed by atoms with Crippen molar-refractivity contribution in [2.75, 3.05) is 19.8 Å². The van der Waals surface area contributed by atoms with E-state index in [4.69, 9.17) is 23.7 Å². The highest BCUT2D eigenvalue weighted by Crippen LogP contribution is 2.27. The fraction of sp³-hybridized carbons (Fsp3) is 0.341. The average molecular weight is 666 g/mol. The van der Waals surface area contributed by atoms with Gasteiger partial charge in [0.15, 0.2) is 0 Å². The monoisotopic (exact) mass is 665 g/mol. The fourth-order valence-corrected chi connectivity index (χ4v) is 4.86. The number of hydrogen-bond donors (Lipinski definition) is 0. The quantitative estimate of drug-likeness (QED) is 0.0401. The average Bonchev–Trinajstić information content (AvgIpc) is 3.12. The van der Waals surface area contributed by atoms with Crippen LogP contribution in [0.3, 0.4) is 0 Å². The number of esters is 2. The predicted molar refractivity (Wildman–Crippen MR) is 193 cm³/mol. The Bertz CT molecular complexity index is 1610. The number of carbonyl (C=O) groups excluding carboxylic acids is 2. The third kappa shape index (κ3) is 12.5. The number of ether oxygens (including phenoxy) is 5. The topological polar surface area (TPSA) is 92.7 Å². The summed E-state index contributed by atoms with van der Waals surface area (Å²) in [5.41, 5.74) is 1.87. The zero-order valence-corrected chi connectivity index (χ0v) is 28.8. The van der Waals surface area contributed by atoms with E-state index in [0.29, 0.717) is 53.7 Å². The number of unbranched alkanes of at least 4 members (excludes halogenated alkanes) is 6. The zero-order valence-electron chi connectivity index (χ0n) is 28.8. The van der Waals surface area contributed by atoms with Crippen molar-refractivity contribution in [3.8, 4) is 28.7 Å². The molecule has 0 aliphatic heterocycles. The molecule has 8 nitrogen and oxygen atoms in total. The van der Waals surface area contributed by atoms with Crippen molar-refractivity contribution in [1.29, 1.82) is 0 Å². The molecule has 4 aromatic rings. The van der Waals surface area contributed by atoms with E-state index in [9.17, 15) is 9.59 Å². The second kappa shape index (κ2) is 20.3. The summed E-state index contributed by atoms with van der Waals surface area (Å²) in [5.74, 6) is 1.61. The van der Waals surface area contributed by atoms with Gasteiger partial charge in [-0.1, -0.05) is 52.4 Å². The molecule has 0 aliphatic rings. The van der Waals surface area contributed by atoms with Crippen LogP contribution in [-0.2, 0) is 0 Å². The predicted octanol–water partition coefficient (Wildman–Crippen LogP) is 10.2. The first kappa shape index (κ1) is 36.7. The molecule has 0 aliphatic carbocycles. The Hall–Kier alpha value is -5.11. The molecule has 0 amide bonds.